The molecule has 0 saturated heterocycles. The van der Waals surface area contributed by atoms with Crippen molar-refractivity contribution < 1.29 is 9.53 Å². The van der Waals surface area contributed by atoms with Gasteiger partial charge in [0.2, 0.25) is 0 Å². The molecule has 1 aromatic rings. The monoisotopic (exact) mass is 192 g/mol. The van der Waals surface area contributed by atoms with Gasteiger partial charge in [-0.3, -0.25) is 4.98 Å². The number of aromatic nitrogens is 1. The molecule has 0 bridgehead atoms. The second-order valence-corrected chi connectivity index (χ2v) is 2.63. The highest BCUT2D eigenvalue weighted by Gasteiger charge is 2.05. The summed E-state index contributed by atoms with van der Waals surface area (Å²) in [6.07, 6.45) is 2.97. The van der Waals surface area contributed by atoms with Crippen LogP contribution >= 0.6 is 0 Å². The number of nitrogens with zero attached hydrogens (tertiary/aromatic N) is 1. The molecular formula is C10H12N2O2. The molecule has 0 unspecified atom stereocenters. The molecule has 0 aliphatic carbocycles. The predicted molar refractivity (Wildman–Crippen MR) is 52.6 cm³/mol. The van der Waals surface area contributed by atoms with E-state index in [1.165, 1.54) is 12.3 Å². The highest BCUT2D eigenvalue weighted by Crippen LogP contribution is 2.01. The van der Waals surface area contributed by atoms with Gasteiger partial charge in [0.25, 0.3) is 0 Å². The molecule has 0 aliphatic heterocycles. The lowest BCUT2D eigenvalue weighted by molar-refractivity contribution is 0.0549. The number of carbonyl (C=O) groups is 1. The van der Waals surface area contributed by atoms with Gasteiger partial charge >= 0.3 is 5.97 Å². The highest BCUT2D eigenvalue weighted by molar-refractivity contribution is 5.89. The van der Waals surface area contributed by atoms with Crippen LogP contribution in [0.25, 0.3) is 0 Å². The molecule has 0 radical (unpaired) electrons. The first-order chi connectivity index (χ1) is 6.77. The average Bonchev–Trinajstić information content (AvgIpc) is 2.26. The smallest absolute Gasteiger partial charge is 0.340 e. The third-order valence-electron chi connectivity index (χ3n) is 1.60. The number of nitrogens with two attached hydrogens (primary N) is 1. The van der Waals surface area contributed by atoms with Crippen molar-refractivity contribution in [1.82, 2.24) is 4.98 Å². The second-order valence-electron chi connectivity index (χ2n) is 2.63. The maximum atomic E-state index is 11.3. The van der Waals surface area contributed by atoms with Crippen molar-refractivity contribution in [3.63, 3.8) is 0 Å². The van der Waals surface area contributed by atoms with Crippen LogP contribution in [0.15, 0.2) is 31.0 Å². The minimum atomic E-state index is -0.402. The molecular weight excluding hydrogens is 180 g/mol. The maximum absolute atomic E-state index is 11.3. The first-order valence-electron chi connectivity index (χ1n) is 4.21. The summed E-state index contributed by atoms with van der Waals surface area (Å²) in [4.78, 5) is 15.2. The molecule has 1 heterocycles. The van der Waals surface area contributed by atoms with Crippen LogP contribution < -0.4 is 5.73 Å². The summed E-state index contributed by atoms with van der Waals surface area (Å²) in [5.41, 5.74) is 6.53. The molecule has 4 nitrogen and oxygen atoms in total. The second kappa shape index (κ2) is 5.14. The normalized spacial score (nSPS) is 9.50. The quantitative estimate of drug-likeness (QED) is 0.568. The van der Waals surface area contributed by atoms with Gasteiger partial charge in [-0.1, -0.05) is 12.7 Å². The standard InChI is InChI=1S/C10H12N2O2/c1-2-5-14-10(13)8-3-4-9(6-11)12-7-8/h2-4,7H,1,5-6,11H2. The van der Waals surface area contributed by atoms with Gasteiger partial charge in [0.1, 0.15) is 6.61 Å². The molecule has 74 valence electrons. The molecule has 0 aromatic carbocycles. The fraction of sp³-hybridized carbons (Fsp3) is 0.200. The largest absolute Gasteiger partial charge is 0.458 e. The van der Waals surface area contributed by atoms with Crippen molar-refractivity contribution in [3.05, 3.63) is 42.2 Å². The Morgan fingerprint density at radius 3 is 2.93 bits per heavy atom. The summed E-state index contributed by atoms with van der Waals surface area (Å²) in [7, 11) is 0. The van der Waals surface area contributed by atoms with Gasteiger partial charge in [-0.25, -0.2) is 4.79 Å². The highest BCUT2D eigenvalue weighted by atomic mass is 16.5. The molecule has 0 amide bonds. The third kappa shape index (κ3) is 2.67. The van der Waals surface area contributed by atoms with E-state index in [4.69, 9.17) is 10.5 Å². The van der Waals surface area contributed by atoms with Crippen LogP contribution in [0.2, 0.25) is 0 Å². The van der Waals surface area contributed by atoms with Crippen molar-refractivity contribution >= 4 is 5.97 Å². The summed E-state index contributed by atoms with van der Waals surface area (Å²) in [6.45, 7) is 4.01. The topological polar surface area (TPSA) is 65.2 Å². The summed E-state index contributed by atoms with van der Waals surface area (Å²) in [5, 5.41) is 0. The number of ether oxygens (including phenoxy) is 1. The van der Waals surface area contributed by atoms with Crippen LogP contribution in [0, 0.1) is 0 Å². The Balaban J connectivity index is 2.66. The number of carbonyl (C=O) groups excluding carboxylic acids is 1. The minimum absolute atomic E-state index is 0.206. The van der Waals surface area contributed by atoms with Crippen molar-refractivity contribution in [1.29, 1.82) is 0 Å². The molecule has 0 atom stereocenters. The molecule has 1 rings (SSSR count). The van der Waals surface area contributed by atoms with Crippen LogP contribution in [0.1, 0.15) is 16.1 Å². The van der Waals surface area contributed by atoms with Crippen molar-refractivity contribution in [2.75, 3.05) is 6.61 Å². The molecule has 0 fully saturated rings. The van der Waals surface area contributed by atoms with Crippen LogP contribution in [0.5, 0.6) is 0 Å². The van der Waals surface area contributed by atoms with E-state index >= 15 is 0 Å². The molecule has 1 aromatic heterocycles. The van der Waals surface area contributed by atoms with Crippen molar-refractivity contribution in [3.8, 4) is 0 Å². The van der Waals surface area contributed by atoms with Crippen LogP contribution in [-0.2, 0) is 11.3 Å². The van der Waals surface area contributed by atoms with E-state index in [-0.39, 0.29) is 6.61 Å². The van der Waals surface area contributed by atoms with Gasteiger partial charge in [-0.2, -0.15) is 0 Å². The van der Waals surface area contributed by atoms with Gasteiger partial charge < -0.3 is 10.5 Å². The van der Waals surface area contributed by atoms with Gasteiger partial charge in [-0.15, -0.1) is 0 Å². The van der Waals surface area contributed by atoms with E-state index < -0.39 is 5.97 Å². The zero-order chi connectivity index (χ0) is 10.4. The van der Waals surface area contributed by atoms with E-state index in [9.17, 15) is 4.79 Å². The number of hydrogen-bond acceptors (Lipinski definition) is 4. The van der Waals surface area contributed by atoms with Gasteiger partial charge in [-0.05, 0) is 12.1 Å². The Hall–Kier alpha value is -1.68. The molecule has 0 spiro atoms. The van der Waals surface area contributed by atoms with Crippen LogP contribution in [-0.4, -0.2) is 17.6 Å². The third-order valence-corrected chi connectivity index (χ3v) is 1.60. The van der Waals surface area contributed by atoms with Crippen LogP contribution in [0.3, 0.4) is 0 Å². The summed E-state index contributed by atoms with van der Waals surface area (Å²) < 4.78 is 4.82. The zero-order valence-electron chi connectivity index (χ0n) is 7.77. The number of rotatable bonds is 4. The van der Waals surface area contributed by atoms with E-state index in [1.54, 1.807) is 12.1 Å². The number of esters is 1. The summed E-state index contributed by atoms with van der Waals surface area (Å²) >= 11 is 0. The van der Waals surface area contributed by atoms with E-state index in [0.717, 1.165) is 5.69 Å². The molecule has 14 heavy (non-hydrogen) atoms. The van der Waals surface area contributed by atoms with E-state index in [0.29, 0.717) is 12.1 Å². The predicted octanol–water partition coefficient (Wildman–Crippen LogP) is 0.883. The fourth-order valence-corrected chi connectivity index (χ4v) is 0.884. The summed E-state index contributed by atoms with van der Waals surface area (Å²) in [6, 6.07) is 3.34. The Bertz CT molecular complexity index is 319. The van der Waals surface area contributed by atoms with E-state index in [2.05, 4.69) is 11.6 Å². The first kappa shape index (κ1) is 10.4. The Morgan fingerprint density at radius 2 is 2.43 bits per heavy atom. The Labute approximate surface area is 82.4 Å². The fourth-order valence-electron chi connectivity index (χ4n) is 0.884. The first-order valence-corrected chi connectivity index (χ1v) is 4.21. The SMILES string of the molecule is C=CCOC(=O)c1ccc(CN)nc1. The lowest BCUT2D eigenvalue weighted by Gasteiger charge is -2.01. The lowest BCUT2D eigenvalue weighted by Crippen LogP contribution is -2.07. The van der Waals surface area contributed by atoms with Crippen LogP contribution in [0.4, 0.5) is 0 Å². The Kier molecular flexibility index (Phi) is 3.82. The van der Waals surface area contributed by atoms with Gasteiger partial charge in [0.05, 0.1) is 11.3 Å². The average molecular weight is 192 g/mol. The molecule has 4 heteroatoms. The maximum Gasteiger partial charge on any atom is 0.340 e. The number of hydrogen-bond donors (Lipinski definition) is 1. The molecule has 2 N–H and O–H groups in total. The van der Waals surface area contributed by atoms with E-state index in [1.807, 2.05) is 0 Å². The Morgan fingerprint density at radius 1 is 1.64 bits per heavy atom. The zero-order valence-corrected chi connectivity index (χ0v) is 7.77. The number of pyridine rings is 1. The molecule has 0 aliphatic rings. The van der Waals surface area contributed by atoms with Gasteiger partial charge in [0.15, 0.2) is 0 Å². The molecule has 0 saturated carbocycles. The van der Waals surface area contributed by atoms with Gasteiger partial charge in [0, 0.05) is 12.7 Å². The summed E-state index contributed by atoms with van der Waals surface area (Å²) in [5.74, 6) is -0.402. The van der Waals surface area contributed by atoms with Crippen molar-refractivity contribution in [2.45, 2.75) is 6.54 Å². The van der Waals surface area contributed by atoms with Crippen molar-refractivity contribution in [2.24, 2.45) is 5.73 Å². The minimum Gasteiger partial charge on any atom is -0.458 e. The lowest BCUT2D eigenvalue weighted by atomic mass is 10.2.